The summed E-state index contributed by atoms with van der Waals surface area (Å²) in [5.74, 6) is 2.88. The zero-order chi connectivity index (χ0) is 39.1. The summed E-state index contributed by atoms with van der Waals surface area (Å²) in [6.07, 6.45) is 1.75. The molecule has 0 radical (unpaired) electrons. The van der Waals surface area contributed by atoms with Crippen molar-refractivity contribution in [2.75, 3.05) is 0 Å². The summed E-state index contributed by atoms with van der Waals surface area (Å²) < 4.78 is 17.4. The number of hydrogen-bond donors (Lipinski definition) is 0. The highest BCUT2D eigenvalue weighted by Crippen LogP contribution is 2.42. The Morgan fingerprint density at radius 1 is 0.534 bits per heavy atom. The molecule has 7 aromatic carbocycles. The molecule has 0 saturated heterocycles. The largest absolute Gasteiger partial charge is 0.462 e. The van der Waals surface area contributed by atoms with Gasteiger partial charge in [-0.15, -0.1) is 0 Å². The van der Waals surface area contributed by atoms with Gasteiger partial charge in [0.25, 0.3) is 0 Å². The lowest BCUT2D eigenvalue weighted by molar-refractivity contribution is 0.483. The summed E-state index contributed by atoms with van der Waals surface area (Å²) in [5, 5.41) is 4.31. The van der Waals surface area contributed by atoms with E-state index in [1.807, 2.05) is 12.1 Å². The minimum absolute atomic E-state index is 0.272. The van der Waals surface area contributed by atoms with Crippen molar-refractivity contribution in [3.05, 3.63) is 169 Å². The van der Waals surface area contributed by atoms with Gasteiger partial charge in [0.1, 0.15) is 28.5 Å². The van der Waals surface area contributed by atoms with Crippen LogP contribution in [0.3, 0.4) is 0 Å². The number of para-hydroxylation sites is 3. The standard InChI is InChI=1S/C52H40N4O2/c1-31(2)41-28-36(33-13-6-5-7-14-33)29-42(32(3)4)48(41)56-47-20-11-9-18-44(47)53-51(56)35-15-12-16-37(27-35)58-38-22-23-39-40-17-8-10-19-46(40)55-49-45(54-52(55)43(39)30-38)24-21-34-25-26-57-50(34)49/h5-32H,1-4H3. The Kier molecular flexibility index (Phi) is 7.76. The van der Waals surface area contributed by atoms with Crippen molar-refractivity contribution in [3.8, 4) is 39.7 Å². The van der Waals surface area contributed by atoms with Gasteiger partial charge in [-0.05, 0) is 118 Å². The summed E-state index contributed by atoms with van der Waals surface area (Å²) >= 11 is 0. The van der Waals surface area contributed by atoms with Crippen LogP contribution < -0.4 is 4.74 Å². The molecule has 0 N–H and O–H groups in total. The fourth-order valence-electron chi connectivity index (χ4n) is 8.80. The molecule has 0 amide bonds. The predicted octanol–water partition coefficient (Wildman–Crippen LogP) is 14.3. The van der Waals surface area contributed by atoms with Crippen LogP contribution in [0.4, 0.5) is 0 Å². The van der Waals surface area contributed by atoms with Crippen molar-refractivity contribution in [1.82, 2.24) is 18.9 Å². The fraction of sp³-hybridized carbons (Fsp3) is 0.115. The molecule has 0 aliphatic heterocycles. The van der Waals surface area contributed by atoms with Crippen LogP contribution in [0.1, 0.15) is 50.7 Å². The second-order valence-electron chi connectivity index (χ2n) is 15.8. The Labute approximate surface area is 335 Å². The van der Waals surface area contributed by atoms with Crippen LogP contribution in [0.5, 0.6) is 11.5 Å². The number of aromatic nitrogens is 4. The van der Waals surface area contributed by atoms with Crippen LogP contribution in [0.2, 0.25) is 0 Å². The average molecular weight is 753 g/mol. The monoisotopic (exact) mass is 752 g/mol. The van der Waals surface area contributed by atoms with E-state index in [0.717, 1.165) is 83.2 Å². The van der Waals surface area contributed by atoms with Crippen LogP contribution in [-0.2, 0) is 0 Å². The Morgan fingerprint density at radius 2 is 1.26 bits per heavy atom. The molecule has 4 aromatic heterocycles. The third kappa shape index (κ3) is 5.32. The number of hydrogen-bond acceptors (Lipinski definition) is 4. The Morgan fingerprint density at radius 3 is 2.07 bits per heavy atom. The van der Waals surface area contributed by atoms with Gasteiger partial charge in [0.2, 0.25) is 0 Å². The van der Waals surface area contributed by atoms with Gasteiger partial charge in [-0.2, -0.15) is 0 Å². The lowest BCUT2D eigenvalue weighted by Crippen LogP contribution is -2.09. The van der Waals surface area contributed by atoms with Gasteiger partial charge in [-0.3, -0.25) is 8.97 Å². The maximum Gasteiger partial charge on any atom is 0.160 e. The summed E-state index contributed by atoms with van der Waals surface area (Å²) in [6.45, 7) is 9.15. The number of ether oxygens (including phenoxy) is 1. The molecule has 0 aliphatic carbocycles. The van der Waals surface area contributed by atoms with E-state index in [0.29, 0.717) is 0 Å². The molecular formula is C52H40N4O2. The maximum atomic E-state index is 6.76. The van der Waals surface area contributed by atoms with Crippen molar-refractivity contribution < 1.29 is 9.15 Å². The van der Waals surface area contributed by atoms with Crippen LogP contribution in [0.15, 0.2) is 162 Å². The molecule has 0 aliphatic rings. The molecule has 280 valence electrons. The van der Waals surface area contributed by atoms with Crippen LogP contribution >= 0.6 is 0 Å². The topological polar surface area (TPSA) is 57.5 Å². The molecule has 4 heterocycles. The zero-order valence-electron chi connectivity index (χ0n) is 32.8. The summed E-state index contributed by atoms with van der Waals surface area (Å²) in [7, 11) is 0. The number of fused-ring (bicyclic) bond motifs is 11. The normalized spacial score (nSPS) is 12.1. The lowest BCUT2D eigenvalue weighted by atomic mass is 9.88. The molecule has 11 aromatic rings. The van der Waals surface area contributed by atoms with E-state index in [-0.39, 0.29) is 11.8 Å². The van der Waals surface area contributed by atoms with E-state index in [4.69, 9.17) is 19.1 Å². The van der Waals surface area contributed by atoms with Gasteiger partial charge < -0.3 is 9.15 Å². The third-order valence-corrected chi connectivity index (χ3v) is 11.5. The van der Waals surface area contributed by atoms with Crippen LogP contribution in [0.25, 0.3) is 88.6 Å². The van der Waals surface area contributed by atoms with Gasteiger partial charge in [-0.25, -0.2) is 9.97 Å². The van der Waals surface area contributed by atoms with Gasteiger partial charge >= 0.3 is 0 Å². The van der Waals surface area contributed by atoms with E-state index >= 15 is 0 Å². The summed E-state index contributed by atoms with van der Waals surface area (Å²) in [5.41, 5.74) is 13.9. The minimum Gasteiger partial charge on any atom is -0.462 e. The average Bonchev–Trinajstić information content (AvgIpc) is 3.99. The van der Waals surface area contributed by atoms with Crippen molar-refractivity contribution in [2.24, 2.45) is 0 Å². The number of pyridine rings is 1. The number of nitrogens with zero attached hydrogens (tertiary/aromatic N) is 4. The molecule has 0 bridgehead atoms. The first-order valence-electron chi connectivity index (χ1n) is 20.0. The molecule has 0 unspecified atom stereocenters. The summed E-state index contributed by atoms with van der Waals surface area (Å²) in [4.78, 5) is 10.5. The Bertz CT molecular complexity index is 3360. The van der Waals surface area contributed by atoms with Crippen molar-refractivity contribution in [3.63, 3.8) is 0 Å². The number of rotatable bonds is 7. The van der Waals surface area contributed by atoms with Crippen molar-refractivity contribution in [2.45, 2.75) is 39.5 Å². The van der Waals surface area contributed by atoms with E-state index in [2.05, 4.69) is 176 Å². The van der Waals surface area contributed by atoms with Crippen LogP contribution in [0, 0.1) is 0 Å². The lowest BCUT2D eigenvalue weighted by Gasteiger charge is -2.24. The quantitative estimate of drug-likeness (QED) is 0.152. The van der Waals surface area contributed by atoms with Gasteiger partial charge in [0.15, 0.2) is 5.58 Å². The Balaban J connectivity index is 1.07. The molecule has 0 atom stereocenters. The first-order valence-corrected chi connectivity index (χ1v) is 20.0. The molecule has 11 rings (SSSR count). The van der Waals surface area contributed by atoms with Gasteiger partial charge in [0, 0.05) is 21.7 Å². The van der Waals surface area contributed by atoms with Crippen molar-refractivity contribution in [1.29, 1.82) is 0 Å². The first-order chi connectivity index (χ1) is 28.4. The highest BCUT2D eigenvalue weighted by Gasteiger charge is 2.24. The third-order valence-electron chi connectivity index (χ3n) is 11.5. The first kappa shape index (κ1) is 34.1. The van der Waals surface area contributed by atoms with E-state index < -0.39 is 0 Å². The fourth-order valence-corrected chi connectivity index (χ4v) is 8.80. The van der Waals surface area contributed by atoms with Gasteiger partial charge in [0.05, 0.1) is 34.0 Å². The second-order valence-corrected chi connectivity index (χ2v) is 15.8. The molecular weight excluding hydrogens is 713 g/mol. The smallest absolute Gasteiger partial charge is 0.160 e. The van der Waals surface area contributed by atoms with E-state index in [1.54, 1.807) is 6.26 Å². The molecule has 0 saturated carbocycles. The molecule has 0 spiro atoms. The molecule has 0 fully saturated rings. The highest BCUT2D eigenvalue weighted by molar-refractivity contribution is 6.16. The Hall–Kier alpha value is -7.18. The van der Waals surface area contributed by atoms with E-state index in [1.165, 1.54) is 27.9 Å². The number of imidazole rings is 2. The summed E-state index contributed by atoms with van der Waals surface area (Å²) in [6, 6.07) is 53.2. The van der Waals surface area contributed by atoms with E-state index in [9.17, 15) is 0 Å². The maximum absolute atomic E-state index is 6.76. The SMILES string of the molecule is CC(C)c1cc(-c2ccccc2)cc(C(C)C)c1-n1c(-c2cccc(Oc3ccc4c5ccccc5n5c(nc6ccc7ccoc7c65)c4c3)c2)nc2ccccc21. The molecule has 6 heteroatoms. The molecule has 58 heavy (non-hydrogen) atoms. The molecule has 6 nitrogen and oxygen atoms in total. The number of benzene rings is 7. The van der Waals surface area contributed by atoms with Crippen LogP contribution in [-0.4, -0.2) is 18.9 Å². The van der Waals surface area contributed by atoms with Gasteiger partial charge in [-0.1, -0.05) is 100 Å². The number of furan rings is 1. The van der Waals surface area contributed by atoms with Crippen molar-refractivity contribution >= 4 is 60.4 Å². The highest BCUT2D eigenvalue weighted by atomic mass is 16.5. The minimum atomic E-state index is 0.272. The predicted molar refractivity (Wildman–Crippen MR) is 238 cm³/mol. The second kappa shape index (κ2) is 13.2. The zero-order valence-corrected chi connectivity index (χ0v) is 32.8.